The van der Waals surface area contributed by atoms with Crippen LogP contribution < -0.4 is 0 Å². The minimum absolute atomic E-state index is 0.462. The maximum absolute atomic E-state index is 9.89. The van der Waals surface area contributed by atoms with Crippen molar-refractivity contribution in [2.24, 2.45) is 0 Å². The number of rotatable bonds is 11. The van der Waals surface area contributed by atoms with Gasteiger partial charge >= 0.3 is 0 Å². The standard InChI is InChI=1S/C16H36OSi/c1-6-9-12-16(13-10-7-2,14-11-8-3)18(4,5)15-17/h17H,6-15H2,1-5H3. The maximum atomic E-state index is 9.89. The molecule has 1 nitrogen and oxygen atoms in total. The number of aliphatic hydroxyl groups is 1. The lowest BCUT2D eigenvalue weighted by molar-refractivity contribution is 0.324. The molecule has 110 valence electrons. The van der Waals surface area contributed by atoms with Gasteiger partial charge in [0.05, 0.1) is 8.07 Å². The Kier molecular flexibility index (Phi) is 9.23. The molecule has 0 amide bonds. The van der Waals surface area contributed by atoms with Crippen LogP contribution in [0.5, 0.6) is 0 Å². The van der Waals surface area contributed by atoms with Gasteiger partial charge in [0.15, 0.2) is 0 Å². The molecule has 0 fully saturated rings. The molecule has 0 rings (SSSR count). The van der Waals surface area contributed by atoms with Crippen LogP contribution in [0.4, 0.5) is 0 Å². The van der Waals surface area contributed by atoms with Crippen molar-refractivity contribution in [2.45, 2.75) is 96.7 Å². The second kappa shape index (κ2) is 9.14. The average molecular weight is 273 g/mol. The first kappa shape index (κ1) is 18.2. The van der Waals surface area contributed by atoms with E-state index in [9.17, 15) is 5.11 Å². The molecule has 0 radical (unpaired) electrons. The summed E-state index contributed by atoms with van der Waals surface area (Å²) in [6.07, 6.45) is 12.4. The largest absolute Gasteiger partial charge is 0.400 e. The Hall–Kier alpha value is 0.177. The number of hydrogen-bond donors (Lipinski definition) is 1. The molecule has 0 spiro atoms. The highest BCUT2D eigenvalue weighted by Crippen LogP contribution is 2.51. The van der Waals surface area contributed by atoms with E-state index in [1.54, 1.807) is 0 Å². The van der Waals surface area contributed by atoms with Crippen LogP contribution in [-0.4, -0.2) is 19.4 Å². The minimum Gasteiger partial charge on any atom is -0.400 e. The molecule has 0 unspecified atom stereocenters. The number of aliphatic hydroxyl groups excluding tert-OH is 1. The average Bonchev–Trinajstić information content (AvgIpc) is 2.38. The summed E-state index contributed by atoms with van der Waals surface area (Å²) < 4.78 is 0. The molecule has 0 saturated carbocycles. The Balaban J connectivity index is 4.97. The molecule has 0 aliphatic carbocycles. The van der Waals surface area contributed by atoms with Crippen molar-refractivity contribution < 1.29 is 5.11 Å². The van der Waals surface area contributed by atoms with E-state index in [4.69, 9.17) is 0 Å². The van der Waals surface area contributed by atoms with E-state index in [0.717, 1.165) is 0 Å². The highest BCUT2D eigenvalue weighted by Gasteiger charge is 2.44. The second-order valence-electron chi connectivity index (χ2n) is 6.63. The number of hydrogen-bond acceptors (Lipinski definition) is 1. The van der Waals surface area contributed by atoms with Crippen LogP contribution >= 0.6 is 0 Å². The summed E-state index contributed by atoms with van der Waals surface area (Å²) in [5.41, 5.74) is 0. The van der Waals surface area contributed by atoms with E-state index in [2.05, 4.69) is 33.9 Å². The molecule has 0 aromatic carbocycles. The van der Waals surface area contributed by atoms with Crippen molar-refractivity contribution in [1.82, 2.24) is 0 Å². The number of unbranched alkanes of at least 4 members (excludes halogenated alkanes) is 3. The van der Waals surface area contributed by atoms with Gasteiger partial charge in [-0.1, -0.05) is 72.4 Å². The zero-order valence-corrected chi connectivity index (χ0v) is 14.5. The maximum Gasteiger partial charge on any atom is 0.0833 e. The fourth-order valence-electron chi connectivity index (χ4n) is 3.10. The Morgan fingerprint density at radius 3 is 1.33 bits per heavy atom. The van der Waals surface area contributed by atoms with Crippen molar-refractivity contribution in [3.63, 3.8) is 0 Å². The van der Waals surface area contributed by atoms with E-state index in [-0.39, 0.29) is 0 Å². The van der Waals surface area contributed by atoms with Crippen LogP contribution in [0.25, 0.3) is 0 Å². The Morgan fingerprint density at radius 1 is 0.778 bits per heavy atom. The first-order valence-electron chi connectivity index (χ1n) is 8.10. The highest BCUT2D eigenvalue weighted by atomic mass is 28.3. The quantitative estimate of drug-likeness (QED) is 0.490. The molecular formula is C16H36OSi. The third-order valence-corrected chi connectivity index (χ3v) is 9.27. The zero-order chi connectivity index (χ0) is 14.1. The molecule has 18 heavy (non-hydrogen) atoms. The fourth-order valence-corrected chi connectivity index (χ4v) is 6.00. The Labute approximate surface area is 116 Å². The third-order valence-electron chi connectivity index (χ3n) is 4.86. The molecule has 0 heterocycles. The minimum atomic E-state index is -1.51. The van der Waals surface area contributed by atoms with Gasteiger partial charge in [0.1, 0.15) is 0 Å². The summed E-state index contributed by atoms with van der Waals surface area (Å²) in [4.78, 5) is 0. The molecule has 0 saturated heterocycles. The summed E-state index contributed by atoms with van der Waals surface area (Å²) in [7, 11) is -1.51. The molecule has 0 aromatic heterocycles. The monoisotopic (exact) mass is 272 g/mol. The van der Waals surface area contributed by atoms with Crippen LogP contribution in [0.1, 0.15) is 78.6 Å². The van der Waals surface area contributed by atoms with E-state index in [0.29, 0.717) is 11.3 Å². The van der Waals surface area contributed by atoms with Crippen LogP contribution in [0.2, 0.25) is 18.1 Å². The van der Waals surface area contributed by atoms with E-state index in [1.165, 1.54) is 57.8 Å². The van der Waals surface area contributed by atoms with Gasteiger partial charge < -0.3 is 5.11 Å². The van der Waals surface area contributed by atoms with Gasteiger partial charge in [0.25, 0.3) is 0 Å². The van der Waals surface area contributed by atoms with Gasteiger partial charge in [-0.25, -0.2) is 0 Å². The summed E-state index contributed by atoms with van der Waals surface area (Å²) in [6, 6.07) is 0. The lowest BCUT2D eigenvalue weighted by Gasteiger charge is -2.46. The lowest BCUT2D eigenvalue weighted by atomic mass is 9.89. The van der Waals surface area contributed by atoms with Gasteiger partial charge in [-0.2, -0.15) is 0 Å². The van der Waals surface area contributed by atoms with Crippen molar-refractivity contribution >= 4 is 8.07 Å². The summed E-state index contributed by atoms with van der Waals surface area (Å²) in [5.74, 6) is 0. The molecule has 2 heteroatoms. The first-order chi connectivity index (χ1) is 8.49. The summed E-state index contributed by atoms with van der Waals surface area (Å²) in [5, 5.41) is 10.4. The topological polar surface area (TPSA) is 20.2 Å². The van der Waals surface area contributed by atoms with Crippen molar-refractivity contribution in [3.8, 4) is 0 Å². The third kappa shape index (κ3) is 5.04. The molecule has 0 aromatic rings. The molecule has 0 bridgehead atoms. The highest BCUT2D eigenvalue weighted by molar-refractivity contribution is 6.80. The van der Waals surface area contributed by atoms with Gasteiger partial charge in [-0.05, 0) is 24.3 Å². The van der Waals surface area contributed by atoms with Crippen LogP contribution in [0.3, 0.4) is 0 Å². The molecule has 0 aliphatic heterocycles. The van der Waals surface area contributed by atoms with Crippen molar-refractivity contribution in [3.05, 3.63) is 0 Å². The summed E-state index contributed by atoms with van der Waals surface area (Å²) >= 11 is 0. The van der Waals surface area contributed by atoms with Gasteiger partial charge in [0, 0.05) is 6.23 Å². The van der Waals surface area contributed by atoms with Crippen LogP contribution in [0, 0.1) is 0 Å². The lowest BCUT2D eigenvalue weighted by Crippen LogP contribution is -2.46. The van der Waals surface area contributed by atoms with Crippen molar-refractivity contribution in [1.29, 1.82) is 0 Å². The van der Waals surface area contributed by atoms with E-state index < -0.39 is 8.07 Å². The SMILES string of the molecule is CCCCC(CCCC)(CCCC)[Si](C)(C)CO. The van der Waals surface area contributed by atoms with Gasteiger partial charge in [-0.3, -0.25) is 0 Å². The zero-order valence-electron chi connectivity index (χ0n) is 13.5. The second-order valence-corrected chi connectivity index (χ2v) is 11.8. The Bertz CT molecular complexity index is 179. The van der Waals surface area contributed by atoms with Gasteiger partial charge in [-0.15, -0.1) is 0 Å². The molecule has 1 N–H and O–H groups in total. The van der Waals surface area contributed by atoms with E-state index >= 15 is 0 Å². The smallest absolute Gasteiger partial charge is 0.0833 e. The normalized spacial score (nSPS) is 13.0. The molecule has 0 atom stereocenters. The predicted octanol–water partition coefficient (Wildman–Crippen LogP) is 5.54. The first-order valence-corrected chi connectivity index (χ1v) is 11.3. The van der Waals surface area contributed by atoms with Gasteiger partial charge in [0.2, 0.25) is 0 Å². The Morgan fingerprint density at radius 2 is 1.11 bits per heavy atom. The van der Waals surface area contributed by atoms with Crippen LogP contribution in [0.15, 0.2) is 0 Å². The van der Waals surface area contributed by atoms with Crippen molar-refractivity contribution in [2.75, 3.05) is 6.23 Å². The molecular weight excluding hydrogens is 236 g/mol. The fraction of sp³-hybridized carbons (Fsp3) is 1.00. The molecule has 0 aliphatic rings. The summed E-state index contributed by atoms with van der Waals surface area (Å²) in [6.45, 7) is 11.7. The predicted molar refractivity (Wildman–Crippen MR) is 85.8 cm³/mol. The van der Waals surface area contributed by atoms with E-state index in [1.807, 2.05) is 0 Å². The van der Waals surface area contributed by atoms with Crippen LogP contribution in [-0.2, 0) is 0 Å².